The molecule has 0 bridgehead atoms. The van der Waals surface area contributed by atoms with Gasteiger partial charge in [-0.25, -0.2) is 4.39 Å². The molecule has 2 aromatic rings. The number of carbonyl (C=O) groups is 1. The van der Waals surface area contributed by atoms with E-state index in [0.29, 0.717) is 21.3 Å². The molecule has 19 heavy (non-hydrogen) atoms. The number of ether oxygens (including phenoxy) is 1. The maximum atomic E-state index is 13.1. The maximum Gasteiger partial charge on any atom is 0.193 e. The fraction of sp³-hybridized carbons (Fsp3) is 0.0714. The zero-order valence-electron chi connectivity index (χ0n) is 9.91. The molecule has 0 aromatic heterocycles. The molecule has 0 saturated carbocycles. The molecular weight excluding hydrogens is 335 g/mol. The minimum Gasteiger partial charge on any atom is -0.496 e. The van der Waals surface area contributed by atoms with Gasteiger partial charge in [0, 0.05) is 11.1 Å². The SMILES string of the molecule is COc1ccc(C(=O)c2ccc(F)c(Cl)c2)cc1Br. The molecule has 0 saturated heterocycles. The molecule has 5 heteroatoms. The van der Waals surface area contributed by atoms with E-state index < -0.39 is 5.82 Å². The van der Waals surface area contributed by atoms with Gasteiger partial charge < -0.3 is 4.74 Å². The van der Waals surface area contributed by atoms with Crippen LogP contribution in [-0.2, 0) is 0 Å². The molecule has 0 N–H and O–H groups in total. The van der Waals surface area contributed by atoms with E-state index in [1.807, 2.05) is 0 Å². The summed E-state index contributed by atoms with van der Waals surface area (Å²) in [7, 11) is 1.54. The first-order chi connectivity index (χ1) is 9.02. The average Bonchev–Trinajstić information content (AvgIpc) is 2.41. The number of hydrogen-bond donors (Lipinski definition) is 0. The second kappa shape index (κ2) is 5.72. The van der Waals surface area contributed by atoms with Crippen LogP contribution >= 0.6 is 27.5 Å². The van der Waals surface area contributed by atoms with Gasteiger partial charge in [-0.1, -0.05) is 11.6 Å². The highest BCUT2D eigenvalue weighted by Gasteiger charge is 2.13. The van der Waals surface area contributed by atoms with Crippen molar-refractivity contribution >= 4 is 33.3 Å². The Hall–Kier alpha value is -1.39. The van der Waals surface area contributed by atoms with Crippen molar-refractivity contribution < 1.29 is 13.9 Å². The topological polar surface area (TPSA) is 26.3 Å². The lowest BCUT2D eigenvalue weighted by atomic mass is 10.0. The molecule has 0 aliphatic heterocycles. The van der Waals surface area contributed by atoms with Crippen LogP contribution in [-0.4, -0.2) is 12.9 Å². The molecule has 0 unspecified atom stereocenters. The van der Waals surface area contributed by atoms with Gasteiger partial charge >= 0.3 is 0 Å². The summed E-state index contributed by atoms with van der Waals surface area (Å²) in [6.07, 6.45) is 0. The van der Waals surface area contributed by atoms with Crippen molar-refractivity contribution in [2.24, 2.45) is 0 Å². The van der Waals surface area contributed by atoms with E-state index in [-0.39, 0.29) is 10.8 Å². The third kappa shape index (κ3) is 2.96. The molecule has 0 spiro atoms. The van der Waals surface area contributed by atoms with Crippen LogP contribution in [0, 0.1) is 5.82 Å². The van der Waals surface area contributed by atoms with Gasteiger partial charge in [0.2, 0.25) is 0 Å². The molecule has 0 radical (unpaired) electrons. The fourth-order valence-corrected chi connectivity index (χ4v) is 2.33. The largest absolute Gasteiger partial charge is 0.496 e. The highest BCUT2D eigenvalue weighted by atomic mass is 79.9. The van der Waals surface area contributed by atoms with Gasteiger partial charge in [-0.15, -0.1) is 0 Å². The van der Waals surface area contributed by atoms with Gasteiger partial charge in [-0.2, -0.15) is 0 Å². The van der Waals surface area contributed by atoms with Crippen LogP contribution in [0.3, 0.4) is 0 Å². The van der Waals surface area contributed by atoms with Crippen molar-refractivity contribution in [3.63, 3.8) is 0 Å². The molecule has 0 aliphatic carbocycles. The zero-order chi connectivity index (χ0) is 14.0. The Labute approximate surface area is 123 Å². The fourth-order valence-electron chi connectivity index (χ4n) is 1.61. The number of benzene rings is 2. The van der Waals surface area contributed by atoms with Crippen molar-refractivity contribution in [3.8, 4) is 5.75 Å². The first-order valence-corrected chi connectivity index (χ1v) is 6.53. The molecule has 0 amide bonds. The van der Waals surface area contributed by atoms with E-state index in [9.17, 15) is 9.18 Å². The quantitative estimate of drug-likeness (QED) is 0.768. The van der Waals surface area contributed by atoms with Gasteiger partial charge in [0.1, 0.15) is 11.6 Å². The Kier molecular flexibility index (Phi) is 4.22. The van der Waals surface area contributed by atoms with Crippen molar-refractivity contribution in [1.82, 2.24) is 0 Å². The van der Waals surface area contributed by atoms with Crippen LogP contribution in [0.15, 0.2) is 40.9 Å². The van der Waals surface area contributed by atoms with Crippen LogP contribution < -0.4 is 4.74 Å². The highest BCUT2D eigenvalue weighted by molar-refractivity contribution is 9.10. The Balaban J connectivity index is 2.38. The highest BCUT2D eigenvalue weighted by Crippen LogP contribution is 2.27. The Bertz CT molecular complexity index is 643. The Morgan fingerprint density at radius 3 is 2.42 bits per heavy atom. The summed E-state index contributed by atoms with van der Waals surface area (Å²) in [6, 6.07) is 8.87. The first kappa shape index (κ1) is 14.0. The van der Waals surface area contributed by atoms with Gasteiger partial charge in [0.25, 0.3) is 0 Å². The summed E-state index contributed by atoms with van der Waals surface area (Å²) in [6.45, 7) is 0. The number of methoxy groups -OCH3 is 1. The standard InChI is InChI=1S/C14H9BrClFO2/c1-19-13-5-3-8(6-10(13)15)14(18)9-2-4-12(17)11(16)7-9/h2-7H,1H3. The van der Waals surface area contributed by atoms with E-state index >= 15 is 0 Å². The maximum absolute atomic E-state index is 13.1. The third-order valence-electron chi connectivity index (χ3n) is 2.60. The van der Waals surface area contributed by atoms with E-state index in [1.54, 1.807) is 25.3 Å². The molecule has 0 aliphatic rings. The van der Waals surface area contributed by atoms with Crippen LogP contribution in [0.4, 0.5) is 4.39 Å². The first-order valence-electron chi connectivity index (χ1n) is 5.36. The van der Waals surface area contributed by atoms with Crippen LogP contribution in [0.5, 0.6) is 5.75 Å². The lowest BCUT2D eigenvalue weighted by Gasteiger charge is -2.06. The van der Waals surface area contributed by atoms with Gasteiger partial charge in [0.15, 0.2) is 5.78 Å². The molecule has 98 valence electrons. The number of rotatable bonds is 3. The predicted octanol–water partition coefficient (Wildman–Crippen LogP) is 4.48. The van der Waals surface area contributed by atoms with Crippen molar-refractivity contribution in [2.75, 3.05) is 7.11 Å². The lowest BCUT2D eigenvalue weighted by molar-refractivity contribution is 0.103. The minimum atomic E-state index is -0.547. The van der Waals surface area contributed by atoms with Gasteiger partial charge in [-0.05, 0) is 52.3 Å². The number of carbonyl (C=O) groups excluding carboxylic acids is 1. The Morgan fingerprint density at radius 2 is 1.84 bits per heavy atom. The number of ketones is 1. The smallest absolute Gasteiger partial charge is 0.193 e. The van der Waals surface area contributed by atoms with Crippen molar-refractivity contribution in [2.45, 2.75) is 0 Å². The summed E-state index contributed by atoms with van der Waals surface area (Å²) < 4.78 is 18.8. The average molecular weight is 344 g/mol. The molecular formula is C14H9BrClFO2. The molecule has 2 aromatic carbocycles. The normalized spacial score (nSPS) is 10.3. The molecule has 0 fully saturated rings. The van der Waals surface area contributed by atoms with Crippen molar-refractivity contribution in [1.29, 1.82) is 0 Å². The summed E-state index contributed by atoms with van der Waals surface area (Å²) in [5, 5.41) is -0.0709. The van der Waals surface area contributed by atoms with Crippen LogP contribution in [0.1, 0.15) is 15.9 Å². The van der Waals surface area contributed by atoms with Crippen molar-refractivity contribution in [3.05, 3.63) is 62.8 Å². The molecule has 2 nitrogen and oxygen atoms in total. The van der Waals surface area contributed by atoms with E-state index in [2.05, 4.69) is 15.9 Å². The molecule has 0 atom stereocenters. The van der Waals surface area contributed by atoms with Gasteiger partial charge in [0.05, 0.1) is 16.6 Å². The van der Waals surface area contributed by atoms with Crippen LogP contribution in [0.25, 0.3) is 0 Å². The minimum absolute atomic E-state index is 0.0709. The lowest BCUT2D eigenvalue weighted by Crippen LogP contribution is -2.02. The predicted molar refractivity (Wildman–Crippen MR) is 75.5 cm³/mol. The van der Waals surface area contributed by atoms with Crippen LogP contribution in [0.2, 0.25) is 5.02 Å². The summed E-state index contributed by atoms with van der Waals surface area (Å²) in [4.78, 5) is 12.2. The summed E-state index contributed by atoms with van der Waals surface area (Å²) >= 11 is 8.98. The van der Waals surface area contributed by atoms with E-state index in [4.69, 9.17) is 16.3 Å². The number of halogens is 3. The second-order valence-corrected chi connectivity index (χ2v) is 5.07. The van der Waals surface area contributed by atoms with E-state index in [1.165, 1.54) is 18.2 Å². The number of hydrogen-bond acceptors (Lipinski definition) is 2. The summed E-state index contributed by atoms with van der Waals surface area (Å²) in [5.41, 5.74) is 0.804. The Morgan fingerprint density at radius 1 is 1.21 bits per heavy atom. The molecule has 0 heterocycles. The monoisotopic (exact) mass is 342 g/mol. The zero-order valence-corrected chi connectivity index (χ0v) is 12.3. The second-order valence-electron chi connectivity index (χ2n) is 3.81. The van der Waals surface area contributed by atoms with E-state index in [0.717, 1.165) is 0 Å². The third-order valence-corrected chi connectivity index (χ3v) is 3.51. The van der Waals surface area contributed by atoms with Gasteiger partial charge in [-0.3, -0.25) is 4.79 Å². The summed E-state index contributed by atoms with van der Waals surface area (Å²) in [5.74, 6) is -0.145. The molecule has 2 rings (SSSR count).